The highest BCUT2D eigenvalue weighted by atomic mass is 79.9. The first-order chi connectivity index (χ1) is 9.38. The standard InChI is InChI=1S/C15H27BrN4/c1-6-12-8-17-15(4,5)10-19(12)9-13-14(16)11(3)18-20(13)7-2/h12,17H,6-10H2,1-5H3. The highest BCUT2D eigenvalue weighted by Crippen LogP contribution is 2.26. The predicted molar refractivity (Wildman–Crippen MR) is 86.9 cm³/mol. The van der Waals surface area contributed by atoms with Crippen molar-refractivity contribution in [2.24, 2.45) is 0 Å². The summed E-state index contributed by atoms with van der Waals surface area (Å²) in [7, 11) is 0. The van der Waals surface area contributed by atoms with Gasteiger partial charge in [0.25, 0.3) is 0 Å². The molecule has 2 rings (SSSR count). The van der Waals surface area contributed by atoms with Crippen LogP contribution in [-0.2, 0) is 13.1 Å². The minimum atomic E-state index is 0.185. The molecule has 0 amide bonds. The molecule has 1 aromatic rings. The lowest BCUT2D eigenvalue weighted by atomic mass is 9.97. The summed E-state index contributed by atoms with van der Waals surface area (Å²) in [5.74, 6) is 0. The molecule has 0 spiro atoms. The molecule has 1 aliphatic rings. The van der Waals surface area contributed by atoms with E-state index in [9.17, 15) is 0 Å². The molecule has 0 aromatic carbocycles. The normalized spacial score (nSPS) is 23.2. The van der Waals surface area contributed by atoms with Crippen LogP contribution in [0.1, 0.15) is 45.5 Å². The Morgan fingerprint density at radius 1 is 1.40 bits per heavy atom. The zero-order valence-corrected chi connectivity index (χ0v) is 14.9. The first-order valence-electron chi connectivity index (χ1n) is 7.58. The molecule has 2 heterocycles. The van der Waals surface area contributed by atoms with Gasteiger partial charge in [0.15, 0.2) is 0 Å². The smallest absolute Gasteiger partial charge is 0.0739 e. The van der Waals surface area contributed by atoms with Crippen LogP contribution >= 0.6 is 15.9 Å². The van der Waals surface area contributed by atoms with Crippen LogP contribution in [0.15, 0.2) is 4.47 Å². The van der Waals surface area contributed by atoms with Crippen LogP contribution in [0.5, 0.6) is 0 Å². The Balaban J connectivity index is 2.22. The van der Waals surface area contributed by atoms with Crippen LogP contribution in [0.3, 0.4) is 0 Å². The van der Waals surface area contributed by atoms with Crippen LogP contribution in [0.2, 0.25) is 0 Å². The maximum absolute atomic E-state index is 4.61. The number of rotatable bonds is 4. The molecule has 4 nitrogen and oxygen atoms in total. The van der Waals surface area contributed by atoms with Gasteiger partial charge in [0.05, 0.1) is 15.9 Å². The summed E-state index contributed by atoms with van der Waals surface area (Å²) in [6, 6.07) is 0.607. The molecular formula is C15H27BrN4. The zero-order chi connectivity index (χ0) is 14.9. The summed E-state index contributed by atoms with van der Waals surface area (Å²) in [5, 5.41) is 8.26. The summed E-state index contributed by atoms with van der Waals surface area (Å²) < 4.78 is 3.30. The van der Waals surface area contributed by atoms with Gasteiger partial charge in [-0.2, -0.15) is 5.10 Å². The van der Waals surface area contributed by atoms with E-state index in [1.165, 1.54) is 16.6 Å². The second kappa shape index (κ2) is 6.16. The minimum absolute atomic E-state index is 0.185. The van der Waals surface area contributed by atoms with Crippen molar-refractivity contribution in [1.82, 2.24) is 20.0 Å². The fraction of sp³-hybridized carbons (Fsp3) is 0.800. The highest BCUT2D eigenvalue weighted by molar-refractivity contribution is 9.10. The van der Waals surface area contributed by atoms with E-state index in [0.29, 0.717) is 6.04 Å². The molecule has 1 saturated heterocycles. The van der Waals surface area contributed by atoms with E-state index in [0.717, 1.165) is 31.9 Å². The van der Waals surface area contributed by atoms with E-state index in [4.69, 9.17) is 0 Å². The van der Waals surface area contributed by atoms with E-state index in [-0.39, 0.29) is 5.54 Å². The second-order valence-corrected chi connectivity index (χ2v) is 7.19. The lowest BCUT2D eigenvalue weighted by Gasteiger charge is -2.44. The van der Waals surface area contributed by atoms with Crippen molar-refractivity contribution in [1.29, 1.82) is 0 Å². The Morgan fingerprint density at radius 2 is 2.10 bits per heavy atom. The summed E-state index contributed by atoms with van der Waals surface area (Å²) >= 11 is 3.71. The lowest BCUT2D eigenvalue weighted by Crippen LogP contribution is -2.61. The van der Waals surface area contributed by atoms with Crippen molar-refractivity contribution in [3.8, 4) is 0 Å². The number of hydrogen-bond donors (Lipinski definition) is 1. The van der Waals surface area contributed by atoms with Gasteiger partial charge in [0.2, 0.25) is 0 Å². The Labute approximate surface area is 131 Å². The van der Waals surface area contributed by atoms with Gasteiger partial charge in [-0.05, 0) is 50.0 Å². The van der Waals surface area contributed by atoms with Gasteiger partial charge in [-0.3, -0.25) is 9.58 Å². The number of nitrogens with zero attached hydrogens (tertiary/aromatic N) is 3. The van der Waals surface area contributed by atoms with E-state index in [1.807, 2.05) is 0 Å². The van der Waals surface area contributed by atoms with Crippen LogP contribution in [-0.4, -0.2) is 39.4 Å². The first kappa shape index (κ1) is 16.0. The molecule has 0 saturated carbocycles. The number of nitrogens with one attached hydrogen (secondary N) is 1. The van der Waals surface area contributed by atoms with Crippen molar-refractivity contribution in [2.45, 2.75) is 65.7 Å². The molecular weight excluding hydrogens is 316 g/mol. The van der Waals surface area contributed by atoms with Gasteiger partial charge in [0.1, 0.15) is 0 Å². The molecule has 0 aliphatic carbocycles. The van der Waals surface area contributed by atoms with Crippen LogP contribution < -0.4 is 5.32 Å². The number of hydrogen-bond acceptors (Lipinski definition) is 3. The molecule has 0 radical (unpaired) electrons. The number of piperazine rings is 1. The third-order valence-corrected chi connectivity index (χ3v) is 5.24. The topological polar surface area (TPSA) is 33.1 Å². The number of halogens is 1. The predicted octanol–water partition coefficient (Wildman–Crippen LogP) is 2.94. The summed E-state index contributed by atoms with van der Waals surface area (Å²) in [4.78, 5) is 2.60. The lowest BCUT2D eigenvalue weighted by molar-refractivity contribution is 0.0831. The summed E-state index contributed by atoms with van der Waals surface area (Å²) in [6.07, 6.45) is 1.18. The fourth-order valence-electron chi connectivity index (χ4n) is 3.02. The van der Waals surface area contributed by atoms with Crippen LogP contribution in [0, 0.1) is 6.92 Å². The third-order valence-electron chi connectivity index (χ3n) is 4.21. The van der Waals surface area contributed by atoms with Crippen molar-refractivity contribution in [3.63, 3.8) is 0 Å². The molecule has 1 aliphatic heterocycles. The van der Waals surface area contributed by atoms with E-state index in [1.54, 1.807) is 0 Å². The molecule has 1 fully saturated rings. The van der Waals surface area contributed by atoms with Gasteiger partial charge in [0, 0.05) is 37.8 Å². The van der Waals surface area contributed by atoms with Crippen molar-refractivity contribution >= 4 is 15.9 Å². The molecule has 114 valence electrons. The first-order valence-corrected chi connectivity index (χ1v) is 8.38. The van der Waals surface area contributed by atoms with Gasteiger partial charge in [-0.15, -0.1) is 0 Å². The Bertz CT molecular complexity index is 467. The molecule has 0 bridgehead atoms. The second-order valence-electron chi connectivity index (χ2n) is 6.39. The molecule has 20 heavy (non-hydrogen) atoms. The largest absolute Gasteiger partial charge is 0.309 e. The summed E-state index contributed by atoms with van der Waals surface area (Å²) in [6.45, 7) is 15.1. The monoisotopic (exact) mass is 342 g/mol. The molecule has 1 atom stereocenters. The van der Waals surface area contributed by atoms with Crippen molar-refractivity contribution in [3.05, 3.63) is 15.9 Å². The van der Waals surface area contributed by atoms with Crippen LogP contribution in [0.4, 0.5) is 0 Å². The SMILES string of the molecule is CCC1CNC(C)(C)CN1Cc1c(Br)c(C)nn1CC. The Kier molecular flexibility index (Phi) is 4.92. The van der Waals surface area contributed by atoms with E-state index >= 15 is 0 Å². The van der Waals surface area contributed by atoms with Gasteiger partial charge < -0.3 is 5.32 Å². The molecule has 1 aromatic heterocycles. The molecule has 5 heteroatoms. The Hall–Kier alpha value is -0.390. The quantitative estimate of drug-likeness (QED) is 0.913. The average molecular weight is 343 g/mol. The number of aryl methyl sites for hydroxylation is 2. The Morgan fingerprint density at radius 3 is 2.70 bits per heavy atom. The molecule has 1 N–H and O–H groups in total. The maximum Gasteiger partial charge on any atom is 0.0739 e. The maximum atomic E-state index is 4.61. The highest BCUT2D eigenvalue weighted by Gasteiger charge is 2.32. The zero-order valence-electron chi connectivity index (χ0n) is 13.3. The van der Waals surface area contributed by atoms with Gasteiger partial charge in [-0.25, -0.2) is 0 Å². The third kappa shape index (κ3) is 3.26. The average Bonchev–Trinajstić information content (AvgIpc) is 2.66. The van der Waals surface area contributed by atoms with Crippen molar-refractivity contribution < 1.29 is 0 Å². The number of aromatic nitrogens is 2. The fourth-order valence-corrected chi connectivity index (χ4v) is 3.43. The van der Waals surface area contributed by atoms with Crippen molar-refractivity contribution in [2.75, 3.05) is 13.1 Å². The van der Waals surface area contributed by atoms with Crippen LogP contribution in [0.25, 0.3) is 0 Å². The molecule has 1 unspecified atom stereocenters. The van der Waals surface area contributed by atoms with E-state index < -0.39 is 0 Å². The van der Waals surface area contributed by atoms with E-state index in [2.05, 4.69) is 70.5 Å². The van der Waals surface area contributed by atoms with Gasteiger partial charge in [-0.1, -0.05) is 6.92 Å². The summed E-state index contributed by atoms with van der Waals surface area (Å²) in [5.41, 5.74) is 2.58. The van der Waals surface area contributed by atoms with Gasteiger partial charge >= 0.3 is 0 Å². The minimum Gasteiger partial charge on any atom is -0.309 e.